The summed E-state index contributed by atoms with van der Waals surface area (Å²) < 4.78 is 44.4. The Balaban J connectivity index is 0.000000338. The van der Waals surface area contributed by atoms with Crippen molar-refractivity contribution in [2.75, 3.05) is 13.2 Å². The Morgan fingerprint density at radius 3 is 1.17 bits per heavy atom. The van der Waals surface area contributed by atoms with Gasteiger partial charge >= 0.3 is 0 Å². The van der Waals surface area contributed by atoms with Gasteiger partial charge in [0.2, 0.25) is 5.92 Å². The van der Waals surface area contributed by atoms with Gasteiger partial charge in [0.05, 0.1) is 37.1 Å². The van der Waals surface area contributed by atoms with E-state index in [0.29, 0.717) is 60.2 Å². The Kier molecular flexibility index (Phi) is 24.0. The normalized spacial score (nSPS) is 36.9. The number of alkyl halides is 3. The fourth-order valence-corrected chi connectivity index (χ4v) is 9.18. The first kappa shape index (κ1) is 51.6. The molecule has 324 valence electrons. The second-order valence-electron chi connectivity index (χ2n) is 19.6. The van der Waals surface area contributed by atoms with Crippen LogP contribution in [-0.2, 0) is 4.74 Å². The van der Waals surface area contributed by atoms with Gasteiger partial charge in [0.15, 0.2) is 0 Å². The minimum Gasteiger partial charge on any atom is -0.393 e. The van der Waals surface area contributed by atoms with E-state index in [2.05, 4.69) is 55.4 Å². The van der Waals surface area contributed by atoms with Crippen molar-refractivity contribution in [2.45, 2.75) is 215 Å². The molecule has 0 bridgehead atoms. The maximum atomic E-state index is 13.4. The summed E-state index contributed by atoms with van der Waals surface area (Å²) in [4.78, 5) is 0. The van der Waals surface area contributed by atoms with Gasteiger partial charge < -0.3 is 30.3 Å². The molecular formula is C45H87F3O6. The maximum absolute atomic E-state index is 13.4. The van der Waals surface area contributed by atoms with Crippen LogP contribution in [0.3, 0.4) is 0 Å². The summed E-state index contributed by atoms with van der Waals surface area (Å²) in [5.41, 5.74) is -1.13. The molecule has 0 aromatic rings. The third-order valence-corrected chi connectivity index (χ3v) is 13.2. The van der Waals surface area contributed by atoms with E-state index in [0.717, 1.165) is 38.9 Å². The highest BCUT2D eigenvalue weighted by Crippen LogP contribution is 2.40. The van der Waals surface area contributed by atoms with Gasteiger partial charge in [-0.25, -0.2) is 13.2 Å². The first-order valence-electron chi connectivity index (χ1n) is 22.0. The molecule has 9 heteroatoms. The average molecular weight is 781 g/mol. The fraction of sp³-hybridized carbons (Fsp3) is 1.00. The van der Waals surface area contributed by atoms with E-state index in [1.54, 1.807) is 6.92 Å². The van der Waals surface area contributed by atoms with Crippen molar-refractivity contribution in [3.8, 4) is 0 Å². The summed E-state index contributed by atoms with van der Waals surface area (Å²) in [6.45, 7) is 24.1. The van der Waals surface area contributed by atoms with Gasteiger partial charge in [-0.2, -0.15) is 0 Å². The van der Waals surface area contributed by atoms with Gasteiger partial charge in [-0.1, -0.05) is 94.9 Å². The highest BCUT2D eigenvalue weighted by atomic mass is 19.3. The third kappa shape index (κ3) is 19.3. The predicted molar refractivity (Wildman–Crippen MR) is 216 cm³/mol. The lowest BCUT2D eigenvalue weighted by atomic mass is 9.74. The zero-order valence-corrected chi connectivity index (χ0v) is 36.5. The van der Waals surface area contributed by atoms with Gasteiger partial charge in [-0.05, 0) is 112 Å². The molecule has 5 rings (SSSR count). The minimum atomic E-state index is -2.55. The lowest BCUT2D eigenvalue weighted by Crippen LogP contribution is -2.39. The lowest BCUT2D eigenvalue weighted by molar-refractivity contribution is -0.101. The van der Waals surface area contributed by atoms with Crippen LogP contribution in [0.4, 0.5) is 13.2 Å². The van der Waals surface area contributed by atoms with E-state index in [1.807, 2.05) is 13.8 Å². The minimum absolute atomic E-state index is 0.00579. The van der Waals surface area contributed by atoms with E-state index in [9.17, 15) is 38.7 Å². The van der Waals surface area contributed by atoms with Crippen LogP contribution in [0.5, 0.6) is 0 Å². The predicted octanol–water partition coefficient (Wildman–Crippen LogP) is 10.4. The van der Waals surface area contributed by atoms with Gasteiger partial charge in [-0.3, -0.25) is 0 Å². The van der Waals surface area contributed by atoms with E-state index >= 15 is 0 Å². The maximum Gasteiger partial charge on any atom is 0.248 e. The molecule has 0 amide bonds. The third-order valence-electron chi connectivity index (χ3n) is 13.2. The van der Waals surface area contributed by atoms with Crippen molar-refractivity contribution in [2.24, 2.45) is 59.2 Å². The molecule has 5 fully saturated rings. The highest BCUT2D eigenvalue weighted by Gasteiger charge is 2.42. The van der Waals surface area contributed by atoms with Crippen LogP contribution >= 0.6 is 0 Å². The van der Waals surface area contributed by atoms with Crippen molar-refractivity contribution in [3.05, 3.63) is 0 Å². The van der Waals surface area contributed by atoms with Crippen LogP contribution in [0.1, 0.15) is 172 Å². The summed E-state index contributed by atoms with van der Waals surface area (Å²) >= 11 is 0. The highest BCUT2D eigenvalue weighted by molar-refractivity contribution is 4.89. The fourth-order valence-electron chi connectivity index (χ4n) is 9.18. The Bertz CT molecular complexity index is 898. The van der Waals surface area contributed by atoms with E-state index in [1.165, 1.54) is 38.5 Å². The molecule has 1 saturated heterocycles. The van der Waals surface area contributed by atoms with Gasteiger partial charge in [-0.15, -0.1) is 0 Å². The van der Waals surface area contributed by atoms with Crippen molar-refractivity contribution in [1.82, 2.24) is 0 Å². The second-order valence-corrected chi connectivity index (χ2v) is 19.6. The van der Waals surface area contributed by atoms with Crippen molar-refractivity contribution in [3.63, 3.8) is 0 Å². The molecule has 1 aliphatic heterocycles. The lowest BCUT2D eigenvalue weighted by Gasteiger charge is -2.37. The topological polar surface area (TPSA) is 110 Å². The van der Waals surface area contributed by atoms with Crippen molar-refractivity contribution < 1.29 is 43.4 Å². The zero-order chi connectivity index (χ0) is 41.4. The van der Waals surface area contributed by atoms with Crippen LogP contribution in [0, 0.1) is 59.2 Å². The molecule has 5 aliphatic rings. The molecular weight excluding hydrogens is 693 g/mol. The second kappa shape index (κ2) is 25.1. The van der Waals surface area contributed by atoms with Gasteiger partial charge in [0.25, 0.3) is 0 Å². The standard InChI is InChI=1S/C10H19FO.C9H16F2O.2C9H18O.C8H16O2/c1-7(2)8-4-5-10(3,11)6-9(8)12;1-6(2)7-5-9(10,11)4-3-8(7)12;2*1-7(2)8-5-3-4-6-9(8)10;1-6(2)7-5-10-4-3-8(7)9/h7-9,12H,4-6H2,1-3H3;6-8,12H,3-5H2,1-2H3;2*7-10H,3-6H2,1-2H3;6-9H,3-5H2,1-2H3. The van der Waals surface area contributed by atoms with Crippen molar-refractivity contribution >= 4 is 0 Å². The summed E-state index contributed by atoms with van der Waals surface area (Å²) in [6.07, 6.45) is 11.0. The summed E-state index contributed by atoms with van der Waals surface area (Å²) in [5, 5.41) is 47.6. The average Bonchev–Trinajstić information content (AvgIpc) is 3.06. The largest absolute Gasteiger partial charge is 0.393 e. The number of ether oxygens (including phenoxy) is 1. The molecule has 5 N–H and O–H groups in total. The number of hydrogen-bond acceptors (Lipinski definition) is 6. The van der Waals surface area contributed by atoms with E-state index < -0.39 is 23.8 Å². The van der Waals surface area contributed by atoms with Crippen LogP contribution < -0.4 is 0 Å². The molecule has 1 heterocycles. The Labute approximate surface area is 329 Å². The Hall–Kier alpha value is -0.450. The molecule has 11 atom stereocenters. The molecule has 4 aliphatic carbocycles. The summed E-state index contributed by atoms with van der Waals surface area (Å²) in [6, 6.07) is 0. The molecule has 0 aromatic carbocycles. The van der Waals surface area contributed by atoms with Crippen LogP contribution in [0.15, 0.2) is 0 Å². The van der Waals surface area contributed by atoms with Crippen molar-refractivity contribution in [1.29, 1.82) is 0 Å². The molecule has 0 radical (unpaired) electrons. The number of halogens is 3. The first-order chi connectivity index (χ1) is 25.0. The number of aliphatic hydroxyl groups is 5. The zero-order valence-electron chi connectivity index (χ0n) is 36.5. The molecule has 54 heavy (non-hydrogen) atoms. The molecule has 4 saturated carbocycles. The monoisotopic (exact) mass is 781 g/mol. The summed E-state index contributed by atoms with van der Waals surface area (Å²) in [5.74, 6) is 1.51. The number of aliphatic hydroxyl groups excluding tert-OH is 5. The molecule has 0 aromatic heterocycles. The summed E-state index contributed by atoms with van der Waals surface area (Å²) in [7, 11) is 0. The SMILES string of the molecule is CC(C)C1CC(F)(F)CCC1O.CC(C)C1CCC(C)(F)CC1O.CC(C)C1CCCCC1O.CC(C)C1CCCCC1O.CC(C)C1COCCC1O. The van der Waals surface area contributed by atoms with E-state index in [-0.39, 0.29) is 49.4 Å². The molecule has 6 nitrogen and oxygen atoms in total. The molecule has 11 unspecified atom stereocenters. The molecule has 0 spiro atoms. The first-order valence-corrected chi connectivity index (χ1v) is 22.0. The number of hydrogen-bond donors (Lipinski definition) is 5. The van der Waals surface area contributed by atoms with Crippen LogP contribution in [0.2, 0.25) is 0 Å². The van der Waals surface area contributed by atoms with Crippen LogP contribution in [0.25, 0.3) is 0 Å². The van der Waals surface area contributed by atoms with E-state index in [4.69, 9.17) is 4.74 Å². The Morgan fingerprint density at radius 2 is 0.833 bits per heavy atom. The van der Waals surface area contributed by atoms with Crippen LogP contribution in [-0.4, -0.2) is 80.9 Å². The quantitative estimate of drug-likeness (QED) is 0.190. The van der Waals surface area contributed by atoms with Gasteiger partial charge in [0.1, 0.15) is 5.67 Å². The number of rotatable bonds is 5. The Morgan fingerprint density at radius 1 is 0.444 bits per heavy atom. The smallest absolute Gasteiger partial charge is 0.248 e. The van der Waals surface area contributed by atoms with Gasteiger partial charge in [0, 0.05) is 31.8 Å².